The van der Waals surface area contributed by atoms with Crippen molar-refractivity contribution in [3.63, 3.8) is 0 Å². The van der Waals surface area contributed by atoms with Crippen molar-refractivity contribution in [2.24, 2.45) is 0 Å². The Morgan fingerprint density at radius 2 is 1.88 bits per heavy atom. The van der Waals surface area contributed by atoms with Crippen molar-refractivity contribution < 1.29 is 18.0 Å². The first-order valence-electron chi connectivity index (χ1n) is 7.39. The molecule has 2 N–H and O–H groups in total. The molecule has 0 atom stereocenters. The van der Waals surface area contributed by atoms with Crippen LogP contribution in [0.4, 0.5) is 19.1 Å². The van der Waals surface area contributed by atoms with E-state index >= 15 is 0 Å². The molecule has 3 rings (SSSR count). The molecule has 2 heterocycles. The number of aromatic nitrogens is 4. The number of hydrogen-bond acceptors (Lipinski definition) is 4. The SMILES string of the molecule is O=C(Cn1cccc(C(F)(F)F)c1=O)Nc1n[nH]c(-c2ccccc2)n1. The first-order chi connectivity index (χ1) is 12.3. The molecule has 3 aromatic rings. The quantitative estimate of drug-likeness (QED) is 0.744. The van der Waals surface area contributed by atoms with Crippen molar-refractivity contribution in [3.05, 3.63) is 64.6 Å². The number of carbonyl (C=O) groups excluding carboxylic acids is 1. The van der Waals surface area contributed by atoms with Gasteiger partial charge in [0, 0.05) is 11.8 Å². The summed E-state index contributed by atoms with van der Waals surface area (Å²) in [4.78, 5) is 27.9. The van der Waals surface area contributed by atoms with Crippen LogP contribution in [0.15, 0.2) is 53.5 Å². The van der Waals surface area contributed by atoms with Crippen LogP contribution in [-0.2, 0) is 17.5 Å². The van der Waals surface area contributed by atoms with Crippen LogP contribution in [0.1, 0.15) is 5.56 Å². The molecule has 0 aliphatic carbocycles. The van der Waals surface area contributed by atoms with Crippen LogP contribution in [0.5, 0.6) is 0 Å². The summed E-state index contributed by atoms with van der Waals surface area (Å²) >= 11 is 0. The fourth-order valence-corrected chi connectivity index (χ4v) is 2.24. The highest BCUT2D eigenvalue weighted by atomic mass is 19.4. The molecular formula is C16H12F3N5O2. The lowest BCUT2D eigenvalue weighted by Crippen LogP contribution is -2.32. The number of halogens is 3. The van der Waals surface area contributed by atoms with Gasteiger partial charge in [-0.05, 0) is 12.1 Å². The Morgan fingerprint density at radius 3 is 2.58 bits per heavy atom. The van der Waals surface area contributed by atoms with E-state index in [0.29, 0.717) is 16.5 Å². The minimum atomic E-state index is -4.79. The monoisotopic (exact) mass is 363 g/mol. The zero-order valence-corrected chi connectivity index (χ0v) is 13.1. The van der Waals surface area contributed by atoms with Gasteiger partial charge in [0.1, 0.15) is 12.1 Å². The minimum Gasteiger partial charge on any atom is -0.306 e. The maximum absolute atomic E-state index is 12.7. The van der Waals surface area contributed by atoms with E-state index < -0.39 is 29.8 Å². The van der Waals surface area contributed by atoms with Crippen molar-refractivity contribution in [1.82, 2.24) is 19.7 Å². The molecule has 0 aliphatic rings. The zero-order chi connectivity index (χ0) is 18.7. The standard InChI is InChI=1S/C16H12F3N5O2/c17-16(18,19)11-7-4-8-24(14(11)26)9-12(25)20-15-21-13(22-23-15)10-5-2-1-3-6-10/h1-8H,9H2,(H2,20,21,22,23,25). The molecule has 2 aromatic heterocycles. The van der Waals surface area contributed by atoms with Crippen molar-refractivity contribution in [1.29, 1.82) is 0 Å². The van der Waals surface area contributed by atoms with Crippen molar-refractivity contribution in [2.75, 3.05) is 5.32 Å². The van der Waals surface area contributed by atoms with E-state index in [0.717, 1.165) is 17.8 Å². The second kappa shape index (κ2) is 6.82. The van der Waals surface area contributed by atoms with Gasteiger partial charge in [0.15, 0.2) is 5.82 Å². The molecule has 0 bridgehead atoms. The second-order valence-electron chi connectivity index (χ2n) is 5.27. The number of rotatable bonds is 4. The number of pyridine rings is 1. The summed E-state index contributed by atoms with van der Waals surface area (Å²) < 4.78 is 38.9. The Balaban J connectivity index is 1.73. The number of aromatic amines is 1. The van der Waals surface area contributed by atoms with Crippen LogP contribution in [0.3, 0.4) is 0 Å². The summed E-state index contributed by atoms with van der Waals surface area (Å²) in [7, 11) is 0. The lowest BCUT2D eigenvalue weighted by molar-refractivity contribution is -0.139. The van der Waals surface area contributed by atoms with Gasteiger partial charge in [-0.1, -0.05) is 30.3 Å². The molecule has 1 aromatic carbocycles. The van der Waals surface area contributed by atoms with E-state index in [1.54, 1.807) is 24.3 Å². The Kier molecular flexibility index (Phi) is 4.57. The third-order valence-corrected chi connectivity index (χ3v) is 3.42. The topological polar surface area (TPSA) is 92.7 Å². The average Bonchev–Trinajstić information content (AvgIpc) is 3.05. The molecule has 26 heavy (non-hydrogen) atoms. The van der Waals surface area contributed by atoms with Crippen LogP contribution < -0.4 is 10.9 Å². The summed E-state index contributed by atoms with van der Waals surface area (Å²) in [6.45, 7) is -0.599. The normalized spacial score (nSPS) is 11.3. The van der Waals surface area contributed by atoms with E-state index in [2.05, 4.69) is 20.5 Å². The van der Waals surface area contributed by atoms with Crippen LogP contribution in [0.2, 0.25) is 0 Å². The fraction of sp³-hybridized carbons (Fsp3) is 0.125. The van der Waals surface area contributed by atoms with Crippen LogP contribution in [0.25, 0.3) is 11.4 Å². The van der Waals surface area contributed by atoms with Gasteiger partial charge in [-0.15, -0.1) is 5.10 Å². The van der Waals surface area contributed by atoms with E-state index in [9.17, 15) is 22.8 Å². The highest BCUT2D eigenvalue weighted by Crippen LogP contribution is 2.25. The number of alkyl halides is 3. The first-order valence-corrected chi connectivity index (χ1v) is 7.39. The van der Waals surface area contributed by atoms with E-state index in [-0.39, 0.29) is 5.95 Å². The predicted octanol–water partition coefficient (Wildman–Crippen LogP) is 2.29. The lowest BCUT2D eigenvalue weighted by atomic mass is 10.2. The first kappa shape index (κ1) is 17.4. The average molecular weight is 363 g/mol. The molecule has 0 spiro atoms. The van der Waals surface area contributed by atoms with Crippen molar-refractivity contribution in [3.8, 4) is 11.4 Å². The summed E-state index contributed by atoms with van der Waals surface area (Å²) in [6.07, 6.45) is -3.69. The van der Waals surface area contributed by atoms with Crippen LogP contribution >= 0.6 is 0 Å². The Bertz CT molecular complexity index is 979. The van der Waals surface area contributed by atoms with E-state index in [1.807, 2.05) is 6.07 Å². The maximum atomic E-state index is 12.7. The van der Waals surface area contributed by atoms with Gasteiger partial charge in [0.25, 0.3) is 5.56 Å². The Morgan fingerprint density at radius 1 is 1.15 bits per heavy atom. The van der Waals surface area contributed by atoms with Crippen molar-refractivity contribution in [2.45, 2.75) is 12.7 Å². The molecule has 7 nitrogen and oxygen atoms in total. The van der Waals surface area contributed by atoms with E-state index in [4.69, 9.17) is 0 Å². The van der Waals surface area contributed by atoms with Gasteiger partial charge < -0.3 is 4.57 Å². The number of H-pyrrole nitrogens is 1. The number of nitrogens with zero attached hydrogens (tertiary/aromatic N) is 3. The zero-order valence-electron chi connectivity index (χ0n) is 13.1. The summed E-state index contributed by atoms with van der Waals surface area (Å²) in [5.74, 6) is -0.365. The molecule has 0 fully saturated rings. The molecule has 134 valence electrons. The van der Waals surface area contributed by atoms with Gasteiger partial charge in [0.05, 0.1) is 0 Å². The highest BCUT2D eigenvalue weighted by Gasteiger charge is 2.34. The number of anilines is 1. The van der Waals surface area contributed by atoms with Gasteiger partial charge >= 0.3 is 6.18 Å². The molecule has 0 saturated carbocycles. The van der Waals surface area contributed by atoms with Gasteiger partial charge in [-0.25, -0.2) is 0 Å². The molecule has 10 heteroatoms. The summed E-state index contributed by atoms with van der Waals surface area (Å²) in [5.41, 5.74) is -1.89. The third-order valence-electron chi connectivity index (χ3n) is 3.42. The van der Waals surface area contributed by atoms with Crippen LogP contribution in [0, 0.1) is 0 Å². The predicted molar refractivity (Wildman–Crippen MR) is 86.2 cm³/mol. The molecule has 1 amide bonds. The Labute approximate surface area is 144 Å². The fourth-order valence-electron chi connectivity index (χ4n) is 2.24. The second-order valence-corrected chi connectivity index (χ2v) is 5.27. The Hall–Kier alpha value is -3.43. The third kappa shape index (κ3) is 3.79. The molecule has 0 aliphatic heterocycles. The van der Waals surface area contributed by atoms with Crippen LogP contribution in [-0.4, -0.2) is 25.7 Å². The van der Waals surface area contributed by atoms with E-state index in [1.165, 1.54) is 0 Å². The molecule has 0 unspecified atom stereocenters. The number of benzene rings is 1. The van der Waals surface area contributed by atoms with Gasteiger partial charge in [0.2, 0.25) is 11.9 Å². The summed E-state index contributed by atoms with van der Waals surface area (Å²) in [5, 5.41) is 8.79. The molecule has 0 saturated heterocycles. The lowest BCUT2D eigenvalue weighted by Gasteiger charge is -2.09. The smallest absolute Gasteiger partial charge is 0.306 e. The number of nitrogens with one attached hydrogen (secondary N) is 2. The molecular weight excluding hydrogens is 351 g/mol. The van der Waals surface area contributed by atoms with Gasteiger partial charge in [-0.2, -0.15) is 18.2 Å². The maximum Gasteiger partial charge on any atom is 0.421 e. The van der Waals surface area contributed by atoms with Gasteiger partial charge in [-0.3, -0.25) is 20.0 Å². The highest BCUT2D eigenvalue weighted by molar-refractivity contribution is 5.88. The largest absolute Gasteiger partial charge is 0.421 e. The number of carbonyl (C=O) groups is 1. The summed E-state index contributed by atoms with van der Waals surface area (Å²) in [6, 6.07) is 10.7. The number of amides is 1. The van der Waals surface area contributed by atoms with Crippen molar-refractivity contribution >= 4 is 11.9 Å². The number of hydrogen-bond donors (Lipinski definition) is 2. The molecule has 0 radical (unpaired) electrons. The minimum absolute atomic E-state index is 0.0473.